The normalized spacial score (nSPS) is 25.0. The molecule has 0 amide bonds. The minimum absolute atomic E-state index is 0.00484. The molecule has 0 fully saturated rings. The average molecular weight is 569 g/mol. The van der Waals surface area contributed by atoms with Gasteiger partial charge in [0, 0.05) is 0 Å². The van der Waals surface area contributed by atoms with Crippen LogP contribution < -0.4 is 0 Å². The van der Waals surface area contributed by atoms with Crippen molar-refractivity contribution in [1.29, 1.82) is 0 Å². The summed E-state index contributed by atoms with van der Waals surface area (Å²) in [6, 6.07) is 0. The van der Waals surface area contributed by atoms with E-state index < -0.39 is 0 Å². The summed E-state index contributed by atoms with van der Waals surface area (Å²) >= 11 is 0. The van der Waals surface area contributed by atoms with Crippen LogP contribution in [0.5, 0.6) is 0 Å². The van der Waals surface area contributed by atoms with E-state index in [1.165, 1.54) is 39.0 Å². The standard InChI is InChI=1S/C40H56O2/c1-29(17-13-19-31(3)21-23-36-33(5)27-35(41)28-40(36,9)10)15-11-12-16-30(2)18-14-20-32(4)22-24-37-34(6)38(42)25-26-39(37,7)8/h11-24,35,38,41-42H,25-28H2,1-10H3/b12-11+,17-13+,18-14+,23-21+,24-22+,29-15+,30-16+,31-19+,32-20+. The maximum absolute atomic E-state index is 10.3. The second kappa shape index (κ2) is 16.1. The van der Waals surface area contributed by atoms with Crippen molar-refractivity contribution in [3.05, 3.63) is 130 Å². The van der Waals surface area contributed by atoms with Crippen molar-refractivity contribution >= 4 is 0 Å². The summed E-state index contributed by atoms with van der Waals surface area (Å²) in [7, 11) is 0. The lowest BCUT2D eigenvalue weighted by Gasteiger charge is -2.35. The van der Waals surface area contributed by atoms with E-state index in [1.54, 1.807) is 0 Å². The molecule has 2 aliphatic rings. The van der Waals surface area contributed by atoms with Gasteiger partial charge in [-0.1, -0.05) is 141 Å². The van der Waals surface area contributed by atoms with Crippen molar-refractivity contribution in [2.75, 3.05) is 0 Å². The smallest absolute Gasteiger partial charge is 0.0753 e. The molecule has 2 N–H and O–H groups in total. The Bertz CT molecular complexity index is 1290. The molecule has 0 bridgehead atoms. The molecule has 0 saturated carbocycles. The van der Waals surface area contributed by atoms with Gasteiger partial charge < -0.3 is 10.2 Å². The molecule has 2 heteroatoms. The van der Waals surface area contributed by atoms with Crippen molar-refractivity contribution < 1.29 is 10.2 Å². The molecule has 2 atom stereocenters. The fourth-order valence-electron chi connectivity index (χ4n) is 5.87. The fraction of sp³-hybridized carbons (Fsp3) is 0.450. The lowest BCUT2D eigenvalue weighted by Crippen LogP contribution is -2.28. The van der Waals surface area contributed by atoms with Crippen LogP contribution in [0.3, 0.4) is 0 Å². The Morgan fingerprint density at radius 3 is 1.60 bits per heavy atom. The summed E-state index contributed by atoms with van der Waals surface area (Å²) < 4.78 is 0. The van der Waals surface area contributed by atoms with E-state index in [2.05, 4.69) is 154 Å². The first-order chi connectivity index (χ1) is 19.6. The third kappa shape index (κ3) is 11.4. The molecule has 0 radical (unpaired) electrons. The van der Waals surface area contributed by atoms with E-state index >= 15 is 0 Å². The number of aliphatic hydroxyl groups is 2. The van der Waals surface area contributed by atoms with Crippen molar-refractivity contribution in [2.24, 2.45) is 10.8 Å². The van der Waals surface area contributed by atoms with Gasteiger partial charge in [-0.05, 0) is 94.8 Å². The molecular formula is C40H56O2. The van der Waals surface area contributed by atoms with Crippen LogP contribution in [0.4, 0.5) is 0 Å². The second-order valence-corrected chi connectivity index (χ2v) is 13.6. The molecule has 2 rings (SSSR count). The van der Waals surface area contributed by atoms with E-state index in [0.717, 1.165) is 31.3 Å². The van der Waals surface area contributed by atoms with Crippen LogP contribution >= 0.6 is 0 Å². The molecule has 228 valence electrons. The predicted octanol–water partition coefficient (Wildman–Crippen LogP) is 10.5. The van der Waals surface area contributed by atoms with Crippen LogP contribution in [0, 0.1) is 10.8 Å². The lowest BCUT2D eigenvalue weighted by atomic mass is 9.71. The molecule has 42 heavy (non-hydrogen) atoms. The number of hydrogen-bond donors (Lipinski definition) is 2. The van der Waals surface area contributed by atoms with E-state index in [-0.39, 0.29) is 23.0 Å². The Kier molecular flexibility index (Phi) is 13.5. The molecular weight excluding hydrogens is 512 g/mol. The fourth-order valence-corrected chi connectivity index (χ4v) is 5.87. The summed E-state index contributed by atoms with van der Waals surface area (Å²) in [6.45, 7) is 21.6. The highest BCUT2D eigenvalue weighted by molar-refractivity contribution is 5.40. The van der Waals surface area contributed by atoms with Gasteiger partial charge in [0.2, 0.25) is 0 Å². The highest BCUT2D eigenvalue weighted by Gasteiger charge is 2.32. The quantitative estimate of drug-likeness (QED) is 0.257. The Hall–Kier alpha value is -2.94. The van der Waals surface area contributed by atoms with Gasteiger partial charge in [0.1, 0.15) is 0 Å². The molecule has 0 aromatic carbocycles. The van der Waals surface area contributed by atoms with Gasteiger partial charge in [-0.25, -0.2) is 0 Å². The van der Waals surface area contributed by atoms with E-state index in [1.807, 2.05) is 0 Å². The van der Waals surface area contributed by atoms with Gasteiger partial charge in [0.15, 0.2) is 0 Å². The number of allylic oxidation sites excluding steroid dienone is 20. The summed E-state index contributed by atoms with van der Waals surface area (Å²) in [6.07, 6.45) is 32.7. The maximum Gasteiger partial charge on any atom is 0.0753 e. The van der Waals surface area contributed by atoms with Gasteiger partial charge in [-0.15, -0.1) is 0 Å². The van der Waals surface area contributed by atoms with Crippen LogP contribution in [0.1, 0.15) is 94.9 Å². The Labute approximate surface area is 257 Å². The number of rotatable bonds is 10. The molecule has 2 aliphatic carbocycles. The Balaban J connectivity index is 1.91. The average Bonchev–Trinajstić information content (AvgIpc) is 2.87. The molecule has 0 spiro atoms. The number of aliphatic hydroxyl groups excluding tert-OH is 2. The maximum atomic E-state index is 10.3. The minimum Gasteiger partial charge on any atom is -0.393 e. The van der Waals surface area contributed by atoms with Gasteiger partial charge in [-0.2, -0.15) is 0 Å². The zero-order chi connectivity index (χ0) is 31.5. The van der Waals surface area contributed by atoms with Crippen LogP contribution in [-0.2, 0) is 0 Å². The van der Waals surface area contributed by atoms with Crippen molar-refractivity contribution in [2.45, 2.75) is 107 Å². The number of hydrogen-bond acceptors (Lipinski definition) is 2. The summed E-state index contributed by atoms with van der Waals surface area (Å²) in [5, 5.41) is 20.4. The molecule has 0 aromatic heterocycles. The lowest BCUT2D eigenvalue weighted by molar-refractivity contribution is 0.116. The van der Waals surface area contributed by atoms with Crippen molar-refractivity contribution in [1.82, 2.24) is 0 Å². The largest absolute Gasteiger partial charge is 0.393 e. The monoisotopic (exact) mass is 568 g/mol. The van der Waals surface area contributed by atoms with E-state index in [4.69, 9.17) is 0 Å². The zero-order valence-corrected chi connectivity index (χ0v) is 28.0. The van der Waals surface area contributed by atoms with Crippen LogP contribution in [0.2, 0.25) is 0 Å². The van der Waals surface area contributed by atoms with Crippen molar-refractivity contribution in [3.8, 4) is 0 Å². The van der Waals surface area contributed by atoms with Gasteiger partial charge in [-0.3, -0.25) is 0 Å². The van der Waals surface area contributed by atoms with Crippen molar-refractivity contribution in [3.63, 3.8) is 0 Å². The summed E-state index contributed by atoms with van der Waals surface area (Å²) in [5.74, 6) is 0. The van der Waals surface area contributed by atoms with Gasteiger partial charge >= 0.3 is 0 Å². The third-order valence-corrected chi connectivity index (χ3v) is 8.46. The summed E-state index contributed by atoms with van der Waals surface area (Å²) in [4.78, 5) is 0. The van der Waals surface area contributed by atoms with Gasteiger partial charge in [0.05, 0.1) is 12.2 Å². The molecule has 2 nitrogen and oxygen atoms in total. The second-order valence-electron chi connectivity index (χ2n) is 13.6. The van der Waals surface area contributed by atoms with Crippen LogP contribution in [0.15, 0.2) is 130 Å². The Morgan fingerprint density at radius 1 is 0.643 bits per heavy atom. The SMILES string of the molecule is CC1=C(/C=C/C(C)=C/C=C/C(C)=C/C=C/C=C(C)/C=C/C=C(C)/C=C/C2=C(C)C(O)CCC2(C)C)C(C)(C)CC(O)C1. The molecule has 2 unspecified atom stereocenters. The molecule has 0 heterocycles. The van der Waals surface area contributed by atoms with Crippen LogP contribution in [-0.4, -0.2) is 22.4 Å². The first-order valence-electron chi connectivity index (χ1n) is 15.5. The Morgan fingerprint density at radius 2 is 1.10 bits per heavy atom. The van der Waals surface area contributed by atoms with E-state index in [0.29, 0.717) is 0 Å². The molecule has 0 aromatic rings. The topological polar surface area (TPSA) is 40.5 Å². The summed E-state index contributed by atoms with van der Waals surface area (Å²) in [5.41, 5.74) is 9.86. The van der Waals surface area contributed by atoms with Crippen LogP contribution in [0.25, 0.3) is 0 Å². The molecule has 0 saturated heterocycles. The van der Waals surface area contributed by atoms with Gasteiger partial charge in [0.25, 0.3) is 0 Å². The highest BCUT2D eigenvalue weighted by atomic mass is 16.3. The first kappa shape index (κ1) is 35.3. The third-order valence-electron chi connectivity index (χ3n) is 8.46. The molecule has 0 aliphatic heterocycles. The zero-order valence-electron chi connectivity index (χ0n) is 28.0. The first-order valence-corrected chi connectivity index (χ1v) is 15.5. The highest BCUT2D eigenvalue weighted by Crippen LogP contribution is 2.42. The predicted molar refractivity (Wildman–Crippen MR) is 184 cm³/mol. The van der Waals surface area contributed by atoms with E-state index in [9.17, 15) is 10.2 Å². The minimum atomic E-state index is -0.315.